The molecule has 4 nitrogen and oxygen atoms in total. The first-order valence-corrected chi connectivity index (χ1v) is 6.94. The van der Waals surface area contributed by atoms with Gasteiger partial charge in [-0.2, -0.15) is 0 Å². The summed E-state index contributed by atoms with van der Waals surface area (Å²) >= 11 is 0. The van der Waals surface area contributed by atoms with Gasteiger partial charge in [-0.05, 0) is 24.7 Å². The van der Waals surface area contributed by atoms with E-state index in [0.29, 0.717) is 12.8 Å². The molecule has 0 atom stereocenters. The Hall–Kier alpha value is -1.42. The van der Waals surface area contributed by atoms with Crippen LogP contribution in [0.4, 0.5) is 0 Å². The molecule has 0 rings (SSSR count). The normalized spacial score (nSPS) is 7.71. The fraction of sp³-hybridized carbons (Fsp3) is 0.625. The summed E-state index contributed by atoms with van der Waals surface area (Å²) in [4.78, 5) is 19.5. The third-order valence-corrected chi connectivity index (χ3v) is 2.19. The Morgan fingerprint density at radius 1 is 0.762 bits per heavy atom. The van der Waals surface area contributed by atoms with Crippen molar-refractivity contribution in [2.75, 3.05) is 0 Å². The molecule has 0 aliphatic rings. The zero-order chi connectivity index (χ0) is 15.6. The summed E-state index contributed by atoms with van der Waals surface area (Å²) in [5.74, 6) is 6.37. The van der Waals surface area contributed by atoms with Gasteiger partial charge in [0.05, 0.1) is 0 Å². The molecule has 0 aliphatic carbocycles. The molecule has 117 valence electrons. The Morgan fingerprint density at radius 2 is 1.10 bits per heavy atom. The van der Waals surface area contributed by atoms with Gasteiger partial charge in [0.2, 0.25) is 0 Å². The standard InChI is InChI=1S/2C8H12O2.Mn/c2*1-2-3-4-5-6-7-8(9)10;/h2*2-5H2,1H3,(H,9,10);/q;;+2/p-2. The van der Waals surface area contributed by atoms with Crippen LogP contribution < -0.4 is 10.2 Å². The van der Waals surface area contributed by atoms with E-state index in [1.54, 1.807) is 0 Å². The molecule has 5 heteroatoms. The summed E-state index contributed by atoms with van der Waals surface area (Å²) in [5.41, 5.74) is 0. The first-order chi connectivity index (χ1) is 9.54. The maximum Gasteiger partial charge on any atom is 2.00 e. The smallest absolute Gasteiger partial charge is 0.537 e. The van der Waals surface area contributed by atoms with Gasteiger partial charge in [0.1, 0.15) is 11.9 Å². The van der Waals surface area contributed by atoms with Crippen LogP contribution in [0.5, 0.6) is 0 Å². The van der Waals surface area contributed by atoms with Crippen LogP contribution in [0.3, 0.4) is 0 Å². The van der Waals surface area contributed by atoms with Crippen LogP contribution >= 0.6 is 0 Å². The molecular formula is C16H22MnO4. The molecule has 0 aromatic rings. The van der Waals surface area contributed by atoms with E-state index in [1.165, 1.54) is 0 Å². The van der Waals surface area contributed by atoms with Crippen molar-refractivity contribution in [3.63, 3.8) is 0 Å². The quantitative estimate of drug-likeness (QED) is 0.406. The van der Waals surface area contributed by atoms with E-state index in [2.05, 4.69) is 25.7 Å². The van der Waals surface area contributed by atoms with Crippen LogP contribution in [0.15, 0.2) is 0 Å². The SMILES string of the molecule is CCCCCC#CC(=O)[O-].CCCCCC#CC(=O)[O-].[Mn+2]. The molecule has 0 amide bonds. The second kappa shape index (κ2) is 20.9. The van der Waals surface area contributed by atoms with Crippen molar-refractivity contribution in [2.45, 2.75) is 65.2 Å². The van der Waals surface area contributed by atoms with Gasteiger partial charge in [-0.1, -0.05) is 51.4 Å². The number of carboxylic acids is 2. The van der Waals surface area contributed by atoms with Crippen LogP contribution in [-0.2, 0) is 26.7 Å². The molecule has 0 aromatic carbocycles. The van der Waals surface area contributed by atoms with Gasteiger partial charge in [0, 0.05) is 12.8 Å². The largest absolute Gasteiger partial charge is 2.00 e. The third kappa shape index (κ3) is 32.3. The predicted molar refractivity (Wildman–Crippen MR) is 73.9 cm³/mol. The van der Waals surface area contributed by atoms with E-state index in [0.717, 1.165) is 38.5 Å². The molecule has 0 N–H and O–H groups in total. The van der Waals surface area contributed by atoms with Crippen molar-refractivity contribution >= 4 is 11.9 Å². The zero-order valence-corrected chi connectivity index (χ0v) is 13.8. The second-order valence-electron chi connectivity index (χ2n) is 4.09. The van der Waals surface area contributed by atoms with E-state index >= 15 is 0 Å². The molecule has 0 saturated carbocycles. The number of carbonyl (C=O) groups is 2. The fourth-order valence-electron chi connectivity index (χ4n) is 1.20. The first-order valence-electron chi connectivity index (χ1n) is 6.94. The molecule has 0 fully saturated rings. The van der Waals surface area contributed by atoms with Crippen molar-refractivity contribution in [1.82, 2.24) is 0 Å². The molecule has 0 heterocycles. The van der Waals surface area contributed by atoms with E-state index in [-0.39, 0.29) is 17.1 Å². The summed E-state index contributed by atoms with van der Waals surface area (Å²) in [6, 6.07) is 0. The maximum atomic E-state index is 9.75. The Labute approximate surface area is 138 Å². The van der Waals surface area contributed by atoms with Crippen LogP contribution in [0.2, 0.25) is 0 Å². The van der Waals surface area contributed by atoms with Crippen molar-refractivity contribution in [2.24, 2.45) is 0 Å². The summed E-state index contributed by atoms with van der Waals surface area (Å²) in [6.07, 6.45) is 7.79. The van der Waals surface area contributed by atoms with Gasteiger partial charge < -0.3 is 19.8 Å². The van der Waals surface area contributed by atoms with Crippen LogP contribution in [0, 0.1) is 23.7 Å². The van der Waals surface area contributed by atoms with Gasteiger partial charge in [0.25, 0.3) is 0 Å². The number of aliphatic carboxylic acids is 2. The van der Waals surface area contributed by atoms with E-state index in [9.17, 15) is 19.8 Å². The minimum Gasteiger partial charge on any atom is -0.537 e. The zero-order valence-electron chi connectivity index (χ0n) is 12.7. The van der Waals surface area contributed by atoms with Crippen molar-refractivity contribution in [3.8, 4) is 23.7 Å². The molecular weight excluding hydrogens is 311 g/mol. The fourth-order valence-corrected chi connectivity index (χ4v) is 1.20. The summed E-state index contributed by atoms with van der Waals surface area (Å²) in [5, 5.41) is 19.5. The molecule has 0 spiro atoms. The minimum absolute atomic E-state index is 0. The molecule has 21 heavy (non-hydrogen) atoms. The van der Waals surface area contributed by atoms with E-state index in [4.69, 9.17) is 0 Å². The number of rotatable bonds is 6. The predicted octanol–water partition coefficient (Wildman–Crippen LogP) is 0.638. The number of hydrogen-bond donors (Lipinski definition) is 0. The van der Waals surface area contributed by atoms with Crippen molar-refractivity contribution in [3.05, 3.63) is 0 Å². The third-order valence-electron chi connectivity index (χ3n) is 2.19. The van der Waals surface area contributed by atoms with Gasteiger partial charge in [-0.15, -0.1) is 0 Å². The number of unbranched alkanes of at least 4 members (excludes halogenated alkanes) is 6. The number of hydrogen-bond acceptors (Lipinski definition) is 4. The van der Waals surface area contributed by atoms with Crippen molar-refractivity contribution in [1.29, 1.82) is 0 Å². The van der Waals surface area contributed by atoms with E-state index < -0.39 is 11.9 Å². The molecule has 0 saturated heterocycles. The molecule has 0 bridgehead atoms. The van der Waals surface area contributed by atoms with Crippen LogP contribution in [0.1, 0.15) is 65.2 Å². The van der Waals surface area contributed by atoms with Gasteiger partial charge >= 0.3 is 17.1 Å². The maximum absolute atomic E-state index is 9.75. The summed E-state index contributed by atoms with van der Waals surface area (Å²) in [6.45, 7) is 4.18. The van der Waals surface area contributed by atoms with Crippen LogP contribution in [-0.4, -0.2) is 11.9 Å². The molecule has 0 aromatic heterocycles. The van der Waals surface area contributed by atoms with E-state index in [1.807, 2.05) is 11.8 Å². The number of carboxylic acid groups (broad SMARTS) is 2. The molecule has 1 radical (unpaired) electrons. The first kappa shape index (κ1) is 24.6. The Balaban J connectivity index is -0.000000295. The Morgan fingerprint density at radius 3 is 1.33 bits per heavy atom. The van der Waals surface area contributed by atoms with Gasteiger partial charge in [0.15, 0.2) is 0 Å². The minimum atomic E-state index is -1.28. The van der Waals surface area contributed by atoms with Crippen LogP contribution in [0.25, 0.3) is 0 Å². The molecule has 0 aliphatic heterocycles. The molecule has 0 unspecified atom stereocenters. The van der Waals surface area contributed by atoms with Gasteiger partial charge in [-0.25, -0.2) is 0 Å². The average molecular weight is 333 g/mol. The Bertz CT molecular complexity index is 345. The van der Waals surface area contributed by atoms with Crippen molar-refractivity contribution < 1.29 is 36.9 Å². The average Bonchev–Trinajstić information content (AvgIpc) is 2.38. The Kier molecular flexibility index (Phi) is 24.5. The topological polar surface area (TPSA) is 80.3 Å². The second-order valence-corrected chi connectivity index (χ2v) is 4.09. The summed E-state index contributed by atoms with van der Waals surface area (Å²) < 4.78 is 0. The number of carbonyl (C=O) groups excluding carboxylic acids is 2. The monoisotopic (exact) mass is 333 g/mol. The van der Waals surface area contributed by atoms with Gasteiger partial charge in [-0.3, -0.25) is 0 Å². The summed E-state index contributed by atoms with van der Waals surface area (Å²) in [7, 11) is 0.